The van der Waals surface area contributed by atoms with Crippen LogP contribution in [0.3, 0.4) is 0 Å². The van der Waals surface area contributed by atoms with Gasteiger partial charge in [-0.2, -0.15) is 5.10 Å². The molecule has 1 aliphatic heterocycles. The molecule has 0 unspecified atom stereocenters. The van der Waals surface area contributed by atoms with Crippen molar-refractivity contribution in [3.63, 3.8) is 0 Å². The normalized spacial score (nSPS) is 19.1. The molecule has 1 saturated heterocycles. The summed E-state index contributed by atoms with van der Waals surface area (Å²) in [4.78, 5) is 25.2. The zero-order valence-corrected chi connectivity index (χ0v) is 12.5. The van der Waals surface area contributed by atoms with Gasteiger partial charge in [-0.15, -0.1) is 0 Å². The van der Waals surface area contributed by atoms with Crippen molar-refractivity contribution in [1.82, 2.24) is 15.1 Å². The Bertz CT molecular complexity index is 547. The summed E-state index contributed by atoms with van der Waals surface area (Å²) < 4.78 is 5.33. The molecule has 1 aromatic rings. The first-order valence-corrected chi connectivity index (χ1v) is 7.81. The molecule has 2 fully saturated rings. The van der Waals surface area contributed by atoms with Crippen molar-refractivity contribution in [2.24, 2.45) is 0 Å². The summed E-state index contributed by atoms with van der Waals surface area (Å²) >= 11 is 0. The molecule has 0 spiro atoms. The highest BCUT2D eigenvalue weighted by atomic mass is 16.5. The standard InChI is InChI=1S/C15H21N3O4/c19-14(20)3-6-18(11-4-7-22-8-5-11)15(21)13-9-12(16-17-13)10-1-2-10/h9-11H,1-8H2,(H,16,17)(H,19,20). The van der Waals surface area contributed by atoms with Crippen LogP contribution in [0.5, 0.6) is 0 Å². The molecule has 0 aromatic carbocycles. The van der Waals surface area contributed by atoms with E-state index in [1.165, 1.54) is 0 Å². The number of aromatic amines is 1. The first-order valence-electron chi connectivity index (χ1n) is 7.81. The number of carboxylic acid groups (broad SMARTS) is 1. The van der Waals surface area contributed by atoms with Crippen molar-refractivity contribution < 1.29 is 19.4 Å². The predicted molar refractivity (Wildman–Crippen MR) is 77.7 cm³/mol. The molecule has 0 atom stereocenters. The van der Waals surface area contributed by atoms with E-state index in [1.807, 2.05) is 6.07 Å². The second kappa shape index (κ2) is 6.48. The van der Waals surface area contributed by atoms with Gasteiger partial charge in [0.1, 0.15) is 5.69 Å². The molecule has 3 rings (SSSR count). The highest BCUT2D eigenvalue weighted by Crippen LogP contribution is 2.39. The molecule has 7 heteroatoms. The number of carbonyl (C=O) groups is 2. The van der Waals surface area contributed by atoms with E-state index >= 15 is 0 Å². The lowest BCUT2D eigenvalue weighted by molar-refractivity contribution is -0.137. The smallest absolute Gasteiger partial charge is 0.305 e. The summed E-state index contributed by atoms with van der Waals surface area (Å²) in [7, 11) is 0. The van der Waals surface area contributed by atoms with Gasteiger partial charge in [0, 0.05) is 37.4 Å². The number of ether oxygens (including phenoxy) is 1. The maximum absolute atomic E-state index is 12.7. The Hall–Kier alpha value is -1.89. The lowest BCUT2D eigenvalue weighted by atomic mass is 10.1. The lowest BCUT2D eigenvalue weighted by Crippen LogP contribution is -2.44. The van der Waals surface area contributed by atoms with Crippen LogP contribution in [0, 0.1) is 0 Å². The average molecular weight is 307 g/mol. The van der Waals surface area contributed by atoms with Crippen LogP contribution in [0.25, 0.3) is 0 Å². The number of aromatic nitrogens is 2. The summed E-state index contributed by atoms with van der Waals surface area (Å²) in [5.41, 5.74) is 1.40. The fourth-order valence-corrected chi connectivity index (χ4v) is 2.86. The molecule has 120 valence electrons. The van der Waals surface area contributed by atoms with Gasteiger partial charge in [0.25, 0.3) is 5.91 Å². The van der Waals surface area contributed by atoms with Crippen molar-refractivity contribution in [3.8, 4) is 0 Å². The largest absolute Gasteiger partial charge is 0.481 e. The van der Waals surface area contributed by atoms with Gasteiger partial charge in [-0.1, -0.05) is 0 Å². The predicted octanol–water partition coefficient (Wildman–Crippen LogP) is 1.38. The Labute approximate surface area is 128 Å². The first kappa shape index (κ1) is 15.0. The maximum atomic E-state index is 12.7. The van der Waals surface area contributed by atoms with E-state index in [1.54, 1.807) is 4.90 Å². The van der Waals surface area contributed by atoms with E-state index in [0.717, 1.165) is 31.4 Å². The topological polar surface area (TPSA) is 95.5 Å². The summed E-state index contributed by atoms with van der Waals surface area (Å²) in [6.45, 7) is 1.43. The van der Waals surface area contributed by atoms with Crippen LogP contribution in [0.1, 0.15) is 54.2 Å². The van der Waals surface area contributed by atoms with Gasteiger partial charge in [0.05, 0.1) is 6.42 Å². The number of carbonyl (C=O) groups excluding carboxylic acids is 1. The van der Waals surface area contributed by atoms with Gasteiger partial charge >= 0.3 is 5.97 Å². The molecule has 1 saturated carbocycles. The highest BCUT2D eigenvalue weighted by Gasteiger charge is 2.30. The molecule has 2 N–H and O–H groups in total. The molecule has 2 heterocycles. The minimum atomic E-state index is -0.898. The van der Waals surface area contributed by atoms with E-state index in [2.05, 4.69) is 10.2 Å². The number of nitrogens with zero attached hydrogens (tertiary/aromatic N) is 2. The molecule has 2 aliphatic rings. The number of hydrogen-bond acceptors (Lipinski definition) is 4. The van der Waals surface area contributed by atoms with Gasteiger partial charge < -0.3 is 14.7 Å². The van der Waals surface area contributed by atoms with Gasteiger partial charge in [-0.3, -0.25) is 14.7 Å². The van der Waals surface area contributed by atoms with Gasteiger partial charge in [-0.25, -0.2) is 0 Å². The third-order valence-electron chi connectivity index (χ3n) is 4.29. The van der Waals surface area contributed by atoms with Crippen LogP contribution in [0.2, 0.25) is 0 Å². The monoisotopic (exact) mass is 307 g/mol. The molecule has 22 heavy (non-hydrogen) atoms. The van der Waals surface area contributed by atoms with Crippen molar-refractivity contribution in [2.75, 3.05) is 19.8 Å². The lowest BCUT2D eigenvalue weighted by Gasteiger charge is -2.33. The number of aliphatic carboxylic acids is 1. The van der Waals surface area contributed by atoms with E-state index in [0.29, 0.717) is 24.8 Å². The van der Waals surface area contributed by atoms with E-state index in [9.17, 15) is 9.59 Å². The third kappa shape index (κ3) is 3.47. The Morgan fingerprint density at radius 1 is 1.32 bits per heavy atom. The molecule has 1 amide bonds. The van der Waals surface area contributed by atoms with Crippen molar-refractivity contribution in [1.29, 1.82) is 0 Å². The summed E-state index contributed by atoms with van der Waals surface area (Å²) in [5, 5.41) is 16.0. The summed E-state index contributed by atoms with van der Waals surface area (Å²) in [6, 6.07) is 1.84. The van der Waals surface area contributed by atoms with Crippen molar-refractivity contribution >= 4 is 11.9 Å². The number of H-pyrrole nitrogens is 1. The molecular formula is C15H21N3O4. The van der Waals surface area contributed by atoms with E-state index < -0.39 is 5.97 Å². The zero-order chi connectivity index (χ0) is 15.5. The summed E-state index contributed by atoms with van der Waals surface area (Å²) in [6.07, 6.45) is 3.70. The van der Waals surface area contributed by atoms with Gasteiger partial charge in [0.2, 0.25) is 0 Å². The molecule has 1 aromatic heterocycles. The fourth-order valence-electron chi connectivity index (χ4n) is 2.86. The fraction of sp³-hybridized carbons (Fsp3) is 0.667. The van der Waals surface area contributed by atoms with Crippen LogP contribution in [0.15, 0.2) is 6.07 Å². The number of rotatable bonds is 6. The Balaban J connectivity index is 1.72. The zero-order valence-electron chi connectivity index (χ0n) is 12.5. The van der Waals surface area contributed by atoms with Crippen molar-refractivity contribution in [3.05, 3.63) is 17.5 Å². The highest BCUT2D eigenvalue weighted by molar-refractivity contribution is 5.93. The van der Waals surface area contributed by atoms with E-state index in [4.69, 9.17) is 9.84 Å². The molecule has 1 aliphatic carbocycles. The molecule has 0 bridgehead atoms. The quantitative estimate of drug-likeness (QED) is 0.828. The Kier molecular flexibility index (Phi) is 4.42. The SMILES string of the molecule is O=C(O)CCN(C(=O)c1cc(C2CC2)[nH]n1)C1CCOCC1. The average Bonchev–Trinajstić information content (AvgIpc) is 3.25. The first-order chi connectivity index (χ1) is 10.6. The number of nitrogens with one attached hydrogen (secondary N) is 1. The Morgan fingerprint density at radius 2 is 2.05 bits per heavy atom. The second-order valence-corrected chi connectivity index (χ2v) is 5.97. The molecule has 7 nitrogen and oxygen atoms in total. The third-order valence-corrected chi connectivity index (χ3v) is 4.29. The van der Waals surface area contributed by atoms with Crippen LogP contribution in [-0.4, -0.2) is 57.9 Å². The van der Waals surface area contributed by atoms with Gasteiger partial charge in [0.15, 0.2) is 0 Å². The molecule has 0 radical (unpaired) electrons. The van der Waals surface area contributed by atoms with Crippen LogP contribution in [0.4, 0.5) is 0 Å². The van der Waals surface area contributed by atoms with Crippen LogP contribution in [-0.2, 0) is 9.53 Å². The van der Waals surface area contributed by atoms with Crippen LogP contribution < -0.4 is 0 Å². The van der Waals surface area contributed by atoms with E-state index in [-0.39, 0.29) is 24.9 Å². The minimum absolute atomic E-state index is 0.0293. The maximum Gasteiger partial charge on any atom is 0.305 e. The van der Waals surface area contributed by atoms with Crippen LogP contribution >= 0.6 is 0 Å². The number of carboxylic acids is 1. The second-order valence-electron chi connectivity index (χ2n) is 5.97. The molecular weight excluding hydrogens is 286 g/mol. The Morgan fingerprint density at radius 3 is 2.68 bits per heavy atom. The number of hydrogen-bond donors (Lipinski definition) is 2. The van der Waals surface area contributed by atoms with Crippen molar-refractivity contribution in [2.45, 2.75) is 44.1 Å². The van der Waals surface area contributed by atoms with Gasteiger partial charge in [-0.05, 0) is 31.7 Å². The summed E-state index contributed by atoms with van der Waals surface area (Å²) in [5.74, 6) is -0.577. The minimum Gasteiger partial charge on any atom is -0.481 e. The number of amides is 1.